The van der Waals surface area contributed by atoms with Crippen LogP contribution in [0.5, 0.6) is 0 Å². The van der Waals surface area contributed by atoms with E-state index in [1.54, 1.807) is 6.08 Å². The molecule has 0 fully saturated rings. The monoisotopic (exact) mass is 179 g/mol. The van der Waals surface area contributed by atoms with Gasteiger partial charge < -0.3 is 0 Å². The second kappa shape index (κ2) is 6.62. The van der Waals surface area contributed by atoms with Gasteiger partial charge in [-0.2, -0.15) is 0 Å². The van der Waals surface area contributed by atoms with E-state index in [4.69, 9.17) is 0 Å². The van der Waals surface area contributed by atoms with Gasteiger partial charge in [-0.25, -0.2) is 9.79 Å². The highest BCUT2D eigenvalue weighted by Gasteiger charge is 2.08. The van der Waals surface area contributed by atoms with E-state index >= 15 is 0 Å². The summed E-state index contributed by atoms with van der Waals surface area (Å²) in [6.45, 7) is 0.659. The summed E-state index contributed by atoms with van der Waals surface area (Å²) < 4.78 is 0. The fraction of sp³-hybridized carbons (Fsp3) is 0.727. The summed E-state index contributed by atoms with van der Waals surface area (Å²) in [5, 5.41) is 0. The number of carbonyl (C=O) groups excluding carboxylic acids is 1. The lowest BCUT2D eigenvalue weighted by molar-refractivity contribution is 0.426. The summed E-state index contributed by atoms with van der Waals surface area (Å²) >= 11 is 0. The molecule has 2 heteroatoms. The molecule has 2 nitrogen and oxygen atoms in total. The van der Waals surface area contributed by atoms with Crippen LogP contribution in [0.15, 0.2) is 17.1 Å². The van der Waals surface area contributed by atoms with Gasteiger partial charge in [0.15, 0.2) is 0 Å². The van der Waals surface area contributed by atoms with Gasteiger partial charge in [0.05, 0.1) is 6.54 Å². The lowest BCUT2D eigenvalue weighted by Crippen LogP contribution is -2.02. The molecule has 0 heterocycles. The molecule has 1 aliphatic carbocycles. The fourth-order valence-corrected chi connectivity index (χ4v) is 1.79. The van der Waals surface area contributed by atoms with Crippen molar-refractivity contribution in [1.29, 1.82) is 0 Å². The molecule has 0 aromatic rings. The van der Waals surface area contributed by atoms with Gasteiger partial charge in [0.25, 0.3) is 0 Å². The zero-order valence-electron chi connectivity index (χ0n) is 8.04. The number of hydrogen-bond donors (Lipinski definition) is 0. The third-order valence-electron chi connectivity index (χ3n) is 2.57. The molecule has 0 aliphatic heterocycles. The van der Waals surface area contributed by atoms with Crippen LogP contribution in [0.2, 0.25) is 0 Å². The van der Waals surface area contributed by atoms with E-state index in [9.17, 15) is 4.79 Å². The van der Waals surface area contributed by atoms with Crippen LogP contribution in [0, 0.1) is 5.92 Å². The summed E-state index contributed by atoms with van der Waals surface area (Å²) in [5.74, 6) is 0.880. The molecule has 13 heavy (non-hydrogen) atoms. The minimum absolute atomic E-state index is 0.659. The fourth-order valence-electron chi connectivity index (χ4n) is 1.79. The Morgan fingerprint density at radius 3 is 3.00 bits per heavy atom. The highest BCUT2D eigenvalue weighted by molar-refractivity contribution is 5.32. The van der Waals surface area contributed by atoms with Gasteiger partial charge in [0.2, 0.25) is 6.08 Å². The van der Waals surface area contributed by atoms with Crippen molar-refractivity contribution in [3.05, 3.63) is 12.2 Å². The number of aliphatic imine (C=N–C) groups is 1. The Morgan fingerprint density at radius 1 is 1.38 bits per heavy atom. The van der Waals surface area contributed by atoms with Crippen LogP contribution in [-0.4, -0.2) is 12.6 Å². The summed E-state index contributed by atoms with van der Waals surface area (Å²) in [5.41, 5.74) is 0. The molecular formula is C11H17NO. The number of hydrogen-bond acceptors (Lipinski definition) is 2. The zero-order valence-corrected chi connectivity index (χ0v) is 8.04. The Labute approximate surface area is 79.8 Å². The van der Waals surface area contributed by atoms with Crippen LogP contribution < -0.4 is 0 Å². The maximum Gasteiger partial charge on any atom is 0.234 e. The molecule has 0 saturated carbocycles. The Kier molecular flexibility index (Phi) is 5.19. The van der Waals surface area contributed by atoms with Gasteiger partial charge in [0.1, 0.15) is 0 Å². The van der Waals surface area contributed by atoms with Gasteiger partial charge in [-0.3, -0.25) is 0 Å². The molecule has 1 atom stereocenters. The van der Waals surface area contributed by atoms with Gasteiger partial charge in [-0.15, -0.1) is 0 Å². The maximum absolute atomic E-state index is 9.77. The highest BCUT2D eigenvalue weighted by Crippen LogP contribution is 2.23. The molecule has 1 aliphatic rings. The third-order valence-corrected chi connectivity index (χ3v) is 2.57. The lowest BCUT2D eigenvalue weighted by Gasteiger charge is -2.16. The normalized spacial score (nSPS) is 21.1. The Hall–Kier alpha value is -0.880. The predicted molar refractivity (Wildman–Crippen MR) is 53.3 cm³/mol. The predicted octanol–water partition coefficient (Wildman–Crippen LogP) is 2.85. The van der Waals surface area contributed by atoms with Crippen molar-refractivity contribution in [1.82, 2.24) is 0 Å². The number of rotatable bonds is 5. The van der Waals surface area contributed by atoms with E-state index in [2.05, 4.69) is 17.1 Å². The topological polar surface area (TPSA) is 29.4 Å². The largest absolute Gasteiger partial charge is 0.234 e. The number of nitrogens with zero attached hydrogens (tertiary/aromatic N) is 1. The van der Waals surface area contributed by atoms with Crippen molar-refractivity contribution < 1.29 is 4.79 Å². The standard InChI is InChI=1S/C11H17NO/c13-10-12-9-5-4-8-11-6-2-1-3-7-11/h1-2,11H,3-9H2. The summed E-state index contributed by atoms with van der Waals surface area (Å²) in [6.07, 6.45) is 13.5. The van der Waals surface area contributed by atoms with Crippen molar-refractivity contribution >= 4 is 6.08 Å². The first-order valence-electron chi connectivity index (χ1n) is 5.12. The van der Waals surface area contributed by atoms with Crippen LogP contribution in [0.1, 0.15) is 38.5 Å². The maximum atomic E-state index is 9.77. The van der Waals surface area contributed by atoms with Crippen molar-refractivity contribution in [3.8, 4) is 0 Å². The average molecular weight is 179 g/mol. The van der Waals surface area contributed by atoms with Gasteiger partial charge in [-0.1, -0.05) is 25.0 Å². The van der Waals surface area contributed by atoms with E-state index in [0.29, 0.717) is 6.54 Å². The molecule has 0 saturated heterocycles. The highest BCUT2D eigenvalue weighted by atomic mass is 16.1. The minimum atomic E-state index is 0.659. The summed E-state index contributed by atoms with van der Waals surface area (Å²) in [6, 6.07) is 0. The first kappa shape index (κ1) is 10.2. The second-order valence-electron chi connectivity index (χ2n) is 3.62. The smallest absolute Gasteiger partial charge is 0.211 e. The van der Waals surface area contributed by atoms with E-state index < -0.39 is 0 Å². The van der Waals surface area contributed by atoms with Crippen LogP contribution in [0.4, 0.5) is 0 Å². The SMILES string of the molecule is O=C=NCCCCC1CC=CCC1. The molecule has 1 unspecified atom stereocenters. The third kappa shape index (κ3) is 4.64. The van der Waals surface area contributed by atoms with Crippen molar-refractivity contribution in [2.75, 3.05) is 6.54 Å². The van der Waals surface area contributed by atoms with Crippen LogP contribution in [-0.2, 0) is 4.79 Å². The van der Waals surface area contributed by atoms with Crippen molar-refractivity contribution in [2.24, 2.45) is 10.9 Å². The van der Waals surface area contributed by atoms with E-state index in [1.165, 1.54) is 32.1 Å². The molecular weight excluding hydrogens is 162 g/mol. The van der Waals surface area contributed by atoms with E-state index in [-0.39, 0.29) is 0 Å². The molecule has 0 aromatic heterocycles. The summed E-state index contributed by atoms with van der Waals surface area (Å²) in [7, 11) is 0. The number of isocyanates is 1. The Balaban J connectivity index is 1.98. The van der Waals surface area contributed by atoms with Gasteiger partial charge in [-0.05, 0) is 31.6 Å². The molecule has 0 radical (unpaired) electrons. The van der Waals surface area contributed by atoms with Crippen molar-refractivity contribution in [3.63, 3.8) is 0 Å². The van der Waals surface area contributed by atoms with Crippen LogP contribution in [0.3, 0.4) is 0 Å². The number of unbranched alkanes of at least 4 members (excludes halogenated alkanes) is 1. The molecule has 0 spiro atoms. The first-order valence-corrected chi connectivity index (χ1v) is 5.12. The molecule has 1 rings (SSSR count). The quantitative estimate of drug-likeness (QED) is 0.276. The van der Waals surface area contributed by atoms with Gasteiger partial charge in [0, 0.05) is 0 Å². The summed E-state index contributed by atoms with van der Waals surface area (Å²) in [4.78, 5) is 13.3. The molecule has 0 N–H and O–H groups in total. The Bertz CT molecular complexity index is 204. The molecule has 72 valence electrons. The second-order valence-corrected chi connectivity index (χ2v) is 3.62. The average Bonchev–Trinajstić information content (AvgIpc) is 2.19. The Morgan fingerprint density at radius 2 is 2.31 bits per heavy atom. The van der Waals surface area contributed by atoms with Crippen molar-refractivity contribution in [2.45, 2.75) is 38.5 Å². The first-order chi connectivity index (χ1) is 6.43. The van der Waals surface area contributed by atoms with Gasteiger partial charge >= 0.3 is 0 Å². The van der Waals surface area contributed by atoms with Crippen LogP contribution in [0.25, 0.3) is 0 Å². The zero-order chi connectivity index (χ0) is 9.36. The minimum Gasteiger partial charge on any atom is -0.211 e. The van der Waals surface area contributed by atoms with Crippen LogP contribution >= 0.6 is 0 Å². The molecule has 0 bridgehead atoms. The van der Waals surface area contributed by atoms with E-state index in [1.807, 2.05) is 0 Å². The number of allylic oxidation sites excluding steroid dienone is 2. The molecule has 0 amide bonds. The lowest BCUT2D eigenvalue weighted by atomic mass is 9.90. The molecule has 0 aromatic carbocycles. The van der Waals surface area contributed by atoms with E-state index in [0.717, 1.165) is 12.3 Å².